The highest BCUT2D eigenvalue weighted by Crippen LogP contribution is 2.07. The van der Waals surface area contributed by atoms with E-state index in [-0.39, 0.29) is 24.8 Å². The zero-order valence-corrected chi connectivity index (χ0v) is 15.1. The van der Waals surface area contributed by atoms with Crippen LogP contribution < -0.4 is 0 Å². The van der Waals surface area contributed by atoms with Crippen molar-refractivity contribution in [3.8, 4) is 0 Å². The third-order valence-corrected chi connectivity index (χ3v) is 3.36. The molecule has 1 aromatic heterocycles. The predicted octanol–water partition coefficient (Wildman–Crippen LogP) is 3.74. The summed E-state index contributed by atoms with van der Waals surface area (Å²) < 4.78 is 4.96. The highest BCUT2D eigenvalue weighted by atomic mass is 35.5. The molecule has 1 heterocycles. The molecule has 0 atom stereocenters. The Labute approximate surface area is 146 Å². The van der Waals surface area contributed by atoms with Gasteiger partial charge in [0.15, 0.2) is 0 Å². The Morgan fingerprint density at radius 1 is 1.17 bits per heavy atom. The lowest BCUT2D eigenvalue weighted by Crippen LogP contribution is -2.11. The number of thiazole rings is 1. The van der Waals surface area contributed by atoms with Crippen LogP contribution in [-0.2, 0) is 14.3 Å². The molecule has 6 nitrogen and oxygen atoms in total. The first-order valence-electron chi connectivity index (χ1n) is 7.34. The second kappa shape index (κ2) is 15.4. The molecule has 0 aliphatic rings. The number of aliphatic carboxylic acids is 1. The van der Waals surface area contributed by atoms with E-state index in [1.165, 1.54) is 17.5 Å². The van der Waals surface area contributed by atoms with E-state index in [1.54, 1.807) is 5.51 Å². The van der Waals surface area contributed by atoms with Gasteiger partial charge in [-0.2, -0.15) is 0 Å². The van der Waals surface area contributed by atoms with E-state index in [2.05, 4.69) is 11.9 Å². The SMILES string of the molecule is CCCCCC(=O)C(=O)O.CCCCOC(=O)c1cncs1.Cl. The quantitative estimate of drug-likeness (QED) is 0.407. The number of carboxylic acid groups (broad SMARTS) is 1. The largest absolute Gasteiger partial charge is 0.476 e. The summed E-state index contributed by atoms with van der Waals surface area (Å²) in [5.41, 5.74) is 1.62. The Balaban J connectivity index is 0. The van der Waals surface area contributed by atoms with Gasteiger partial charge in [0.05, 0.1) is 18.3 Å². The number of nitrogens with zero attached hydrogens (tertiary/aromatic N) is 1. The zero-order chi connectivity index (χ0) is 16.8. The van der Waals surface area contributed by atoms with Crippen molar-refractivity contribution in [2.45, 2.75) is 52.4 Å². The number of rotatable bonds is 9. The summed E-state index contributed by atoms with van der Waals surface area (Å²) in [5.74, 6) is -2.24. The fraction of sp³-hybridized carbons (Fsp3) is 0.600. The molecule has 0 spiro atoms. The van der Waals surface area contributed by atoms with Crippen LogP contribution in [0.2, 0.25) is 0 Å². The van der Waals surface area contributed by atoms with Gasteiger partial charge in [0, 0.05) is 6.42 Å². The number of Topliss-reactive ketones (excluding diaryl/α,β-unsaturated/α-hetero) is 1. The molecule has 0 aliphatic heterocycles. The van der Waals surface area contributed by atoms with Crippen molar-refractivity contribution >= 4 is 41.5 Å². The molecule has 0 bridgehead atoms. The van der Waals surface area contributed by atoms with Gasteiger partial charge in [-0.15, -0.1) is 23.7 Å². The first kappa shape index (κ1) is 23.8. The molecular formula is C15H24ClNO5S. The number of aromatic nitrogens is 1. The number of hydrogen-bond acceptors (Lipinski definition) is 6. The topological polar surface area (TPSA) is 93.6 Å². The molecule has 132 valence electrons. The Morgan fingerprint density at radius 3 is 2.30 bits per heavy atom. The highest BCUT2D eigenvalue weighted by molar-refractivity contribution is 7.11. The van der Waals surface area contributed by atoms with Gasteiger partial charge in [-0.3, -0.25) is 9.78 Å². The van der Waals surface area contributed by atoms with Crippen LogP contribution >= 0.6 is 23.7 Å². The van der Waals surface area contributed by atoms with E-state index in [9.17, 15) is 14.4 Å². The van der Waals surface area contributed by atoms with Gasteiger partial charge >= 0.3 is 11.9 Å². The smallest absolute Gasteiger partial charge is 0.372 e. The fourth-order valence-electron chi connectivity index (χ4n) is 1.34. The third kappa shape index (κ3) is 12.7. The van der Waals surface area contributed by atoms with E-state index < -0.39 is 11.8 Å². The molecule has 0 fully saturated rings. The van der Waals surface area contributed by atoms with E-state index in [1.807, 2.05) is 6.92 Å². The number of ether oxygens (including phenoxy) is 1. The van der Waals surface area contributed by atoms with Crippen LogP contribution in [0.15, 0.2) is 11.7 Å². The van der Waals surface area contributed by atoms with Crippen molar-refractivity contribution in [1.82, 2.24) is 4.98 Å². The van der Waals surface area contributed by atoms with Crippen molar-refractivity contribution in [2.75, 3.05) is 6.61 Å². The number of carbonyl (C=O) groups is 3. The van der Waals surface area contributed by atoms with Gasteiger partial charge in [-0.1, -0.05) is 33.1 Å². The maximum atomic E-state index is 11.1. The second-order valence-corrected chi connectivity index (χ2v) is 5.43. The van der Waals surface area contributed by atoms with Crippen molar-refractivity contribution in [2.24, 2.45) is 0 Å². The van der Waals surface area contributed by atoms with E-state index in [0.29, 0.717) is 17.9 Å². The van der Waals surface area contributed by atoms with Gasteiger partial charge in [-0.05, 0) is 12.8 Å². The van der Waals surface area contributed by atoms with Gasteiger partial charge in [0.2, 0.25) is 5.78 Å². The summed E-state index contributed by atoms with van der Waals surface area (Å²) >= 11 is 1.30. The average molecular weight is 366 g/mol. The monoisotopic (exact) mass is 365 g/mol. The molecule has 0 unspecified atom stereocenters. The zero-order valence-electron chi connectivity index (χ0n) is 13.4. The summed E-state index contributed by atoms with van der Waals surface area (Å²) in [6.45, 7) is 4.57. The van der Waals surface area contributed by atoms with Gasteiger partial charge < -0.3 is 9.84 Å². The second-order valence-electron chi connectivity index (χ2n) is 4.54. The predicted molar refractivity (Wildman–Crippen MR) is 91.3 cm³/mol. The maximum absolute atomic E-state index is 11.1. The minimum Gasteiger partial charge on any atom is -0.476 e. The standard InChI is InChI=1S/C8H11NO2S.C7H12O3.ClH/c1-2-3-4-11-8(10)7-5-9-6-12-7;1-2-3-4-5-6(8)7(9)10;/h5-6H,2-4H2,1H3;2-5H2,1H3,(H,9,10);1H. The van der Waals surface area contributed by atoms with Gasteiger partial charge in [0.1, 0.15) is 4.88 Å². The summed E-state index contributed by atoms with van der Waals surface area (Å²) in [4.78, 5) is 35.9. The van der Waals surface area contributed by atoms with Gasteiger partial charge in [0.25, 0.3) is 0 Å². The molecule has 0 saturated heterocycles. The van der Waals surface area contributed by atoms with E-state index in [0.717, 1.165) is 25.7 Å². The van der Waals surface area contributed by atoms with Crippen LogP contribution in [0.4, 0.5) is 0 Å². The van der Waals surface area contributed by atoms with Crippen molar-refractivity contribution < 1.29 is 24.2 Å². The van der Waals surface area contributed by atoms with Gasteiger partial charge in [-0.25, -0.2) is 9.59 Å². The molecule has 1 rings (SSSR count). The molecule has 0 radical (unpaired) electrons. The third-order valence-electron chi connectivity index (χ3n) is 2.61. The Bertz CT molecular complexity index is 451. The lowest BCUT2D eigenvalue weighted by molar-refractivity contribution is -0.149. The van der Waals surface area contributed by atoms with E-state index in [4.69, 9.17) is 9.84 Å². The number of halogens is 1. The first-order valence-corrected chi connectivity index (χ1v) is 8.22. The summed E-state index contributed by atoms with van der Waals surface area (Å²) in [7, 11) is 0. The molecular weight excluding hydrogens is 342 g/mol. The normalized spacial score (nSPS) is 9.13. The van der Waals surface area contributed by atoms with Crippen LogP contribution in [0.25, 0.3) is 0 Å². The molecule has 0 saturated carbocycles. The molecule has 0 amide bonds. The lowest BCUT2D eigenvalue weighted by Gasteiger charge is -1.99. The Morgan fingerprint density at radius 2 is 1.83 bits per heavy atom. The van der Waals surface area contributed by atoms with Crippen molar-refractivity contribution in [1.29, 1.82) is 0 Å². The molecule has 0 aromatic carbocycles. The van der Waals surface area contributed by atoms with Crippen LogP contribution in [0.5, 0.6) is 0 Å². The molecule has 1 aromatic rings. The molecule has 23 heavy (non-hydrogen) atoms. The van der Waals surface area contributed by atoms with Crippen LogP contribution in [0.3, 0.4) is 0 Å². The Kier molecular flexibility index (Phi) is 16.0. The van der Waals surface area contributed by atoms with Crippen molar-refractivity contribution in [3.05, 3.63) is 16.6 Å². The number of carbonyl (C=O) groups excluding carboxylic acids is 2. The number of unbranched alkanes of at least 4 members (excludes halogenated alkanes) is 3. The Hall–Kier alpha value is -1.47. The minimum atomic E-state index is -1.31. The highest BCUT2D eigenvalue weighted by Gasteiger charge is 2.09. The maximum Gasteiger partial charge on any atom is 0.372 e. The summed E-state index contributed by atoms with van der Waals surface area (Å²) in [6, 6.07) is 0. The summed E-state index contributed by atoms with van der Waals surface area (Å²) in [5, 5.41) is 8.13. The van der Waals surface area contributed by atoms with Crippen LogP contribution in [0.1, 0.15) is 62.0 Å². The lowest BCUT2D eigenvalue weighted by atomic mass is 10.1. The van der Waals surface area contributed by atoms with Crippen LogP contribution in [-0.4, -0.2) is 34.4 Å². The van der Waals surface area contributed by atoms with E-state index >= 15 is 0 Å². The number of esters is 1. The van der Waals surface area contributed by atoms with Crippen LogP contribution in [0, 0.1) is 0 Å². The number of carboxylic acids is 1. The average Bonchev–Trinajstić information content (AvgIpc) is 3.02. The number of ketones is 1. The fourth-order valence-corrected chi connectivity index (χ4v) is 1.85. The van der Waals surface area contributed by atoms with Crippen molar-refractivity contribution in [3.63, 3.8) is 0 Å². The molecule has 0 aliphatic carbocycles. The number of hydrogen-bond donors (Lipinski definition) is 1. The first-order chi connectivity index (χ1) is 10.5. The summed E-state index contributed by atoms with van der Waals surface area (Å²) in [6.07, 6.45) is 6.30. The minimum absolute atomic E-state index is 0. The molecule has 1 N–H and O–H groups in total. The molecule has 8 heteroatoms.